The molecule has 0 unspecified atom stereocenters. The molecule has 3 heterocycles. The largest absolute Gasteiger partial charge is 0.351 e. The van der Waals surface area contributed by atoms with Crippen LogP contribution in [0.15, 0.2) is 4.52 Å². The monoisotopic (exact) mass is 313 g/mol. The minimum atomic E-state index is -0.0279. The molecule has 3 rings (SSSR count). The number of aromatic nitrogens is 4. The Labute approximate surface area is 134 Å². The van der Waals surface area contributed by atoms with Gasteiger partial charge in [-0.2, -0.15) is 15.3 Å². The molecule has 0 saturated carbocycles. The van der Waals surface area contributed by atoms with Gasteiger partial charge in [0.05, 0.1) is 5.69 Å². The number of hydrogen-bond acceptors (Lipinski definition) is 8. The lowest BCUT2D eigenvalue weighted by molar-refractivity contribution is 0.177. The highest BCUT2D eigenvalue weighted by Gasteiger charge is 2.32. The van der Waals surface area contributed by atoms with E-state index in [4.69, 9.17) is 4.52 Å². The molecule has 1 atom stereocenters. The van der Waals surface area contributed by atoms with Gasteiger partial charge < -0.3 is 9.42 Å². The van der Waals surface area contributed by atoms with Crippen molar-refractivity contribution in [2.45, 2.75) is 26.8 Å². The summed E-state index contributed by atoms with van der Waals surface area (Å²) in [7, 11) is 2.03. The van der Waals surface area contributed by atoms with Crippen LogP contribution < -0.4 is 4.90 Å². The Morgan fingerprint density at radius 3 is 2.65 bits per heavy atom. The second-order valence-corrected chi connectivity index (χ2v) is 5.84. The van der Waals surface area contributed by atoms with Crippen molar-refractivity contribution >= 4 is 5.82 Å². The third-order valence-electron chi connectivity index (χ3n) is 4.32. The fourth-order valence-electron chi connectivity index (χ4n) is 2.73. The van der Waals surface area contributed by atoms with E-state index in [1.165, 1.54) is 0 Å². The van der Waals surface area contributed by atoms with Crippen LogP contribution in [0.5, 0.6) is 0 Å². The van der Waals surface area contributed by atoms with Gasteiger partial charge in [0.25, 0.3) is 0 Å². The van der Waals surface area contributed by atoms with Crippen LogP contribution in [0.4, 0.5) is 5.82 Å². The van der Waals surface area contributed by atoms with E-state index < -0.39 is 0 Å². The highest BCUT2D eigenvalue weighted by molar-refractivity contribution is 5.57. The van der Waals surface area contributed by atoms with Gasteiger partial charge in [-0.15, -0.1) is 5.10 Å². The Morgan fingerprint density at radius 2 is 2.00 bits per heavy atom. The zero-order chi connectivity index (χ0) is 16.6. The molecule has 0 bridgehead atoms. The Bertz CT molecular complexity index is 764. The molecule has 0 spiro atoms. The molecule has 1 saturated heterocycles. The SMILES string of the molecule is Cc1noc([C@@H]2CN(c3nnc(C)c(C)c3C#N)CCN2C)n1. The number of nitrogens with zero attached hydrogens (tertiary/aromatic N) is 7. The van der Waals surface area contributed by atoms with Crippen LogP contribution in [-0.4, -0.2) is 51.9 Å². The van der Waals surface area contributed by atoms with Gasteiger partial charge in [-0.1, -0.05) is 5.16 Å². The normalized spacial score (nSPS) is 18.9. The van der Waals surface area contributed by atoms with E-state index in [2.05, 4.69) is 36.2 Å². The van der Waals surface area contributed by atoms with Crippen LogP contribution in [-0.2, 0) is 0 Å². The van der Waals surface area contributed by atoms with Crippen molar-refractivity contribution < 1.29 is 4.52 Å². The molecule has 120 valence electrons. The molecule has 0 aliphatic carbocycles. The van der Waals surface area contributed by atoms with Gasteiger partial charge in [-0.25, -0.2) is 0 Å². The molecule has 1 fully saturated rings. The lowest BCUT2D eigenvalue weighted by Crippen LogP contribution is -2.47. The summed E-state index contributed by atoms with van der Waals surface area (Å²) in [4.78, 5) is 8.58. The summed E-state index contributed by atoms with van der Waals surface area (Å²) in [6.07, 6.45) is 0. The number of aryl methyl sites for hydroxylation is 2. The van der Waals surface area contributed by atoms with Crippen molar-refractivity contribution in [3.05, 3.63) is 28.5 Å². The maximum absolute atomic E-state index is 9.50. The fourth-order valence-corrected chi connectivity index (χ4v) is 2.73. The maximum Gasteiger partial charge on any atom is 0.245 e. The summed E-state index contributed by atoms with van der Waals surface area (Å²) < 4.78 is 5.33. The van der Waals surface area contributed by atoms with Crippen molar-refractivity contribution in [3.63, 3.8) is 0 Å². The molecule has 0 aromatic carbocycles. The van der Waals surface area contributed by atoms with Crippen molar-refractivity contribution in [1.29, 1.82) is 5.26 Å². The smallest absolute Gasteiger partial charge is 0.245 e. The molecular formula is C15H19N7O. The first-order valence-electron chi connectivity index (χ1n) is 7.50. The highest BCUT2D eigenvalue weighted by atomic mass is 16.5. The molecule has 1 aliphatic heterocycles. The van der Waals surface area contributed by atoms with Gasteiger partial charge in [0, 0.05) is 19.6 Å². The standard InChI is InChI=1S/C15H19N7O/c1-9-10(2)18-19-14(12(9)7-16)22-6-5-21(4)13(8-22)15-17-11(3)20-23-15/h13H,5-6,8H2,1-4H3/t13-/m0/s1. The summed E-state index contributed by atoms with van der Waals surface area (Å²) in [5, 5.41) is 21.8. The van der Waals surface area contributed by atoms with Gasteiger partial charge in [-0.05, 0) is 33.4 Å². The first kappa shape index (κ1) is 15.4. The Kier molecular flexibility index (Phi) is 3.96. The van der Waals surface area contributed by atoms with E-state index in [0.717, 1.165) is 24.3 Å². The average Bonchev–Trinajstić information content (AvgIpc) is 2.97. The predicted molar refractivity (Wildman–Crippen MR) is 82.8 cm³/mol. The Balaban J connectivity index is 1.93. The van der Waals surface area contributed by atoms with Crippen molar-refractivity contribution in [2.75, 3.05) is 31.6 Å². The minimum absolute atomic E-state index is 0.0279. The summed E-state index contributed by atoms with van der Waals surface area (Å²) in [6.45, 7) is 7.78. The molecule has 8 heteroatoms. The van der Waals surface area contributed by atoms with Crippen LogP contribution in [0.3, 0.4) is 0 Å². The molecule has 8 nitrogen and oxygen atoms in total. The summed E-state index contributed by atoms with van der Waals surface area (Å²) in [5.74, 6) is 1.84. The second kappa shape index (κ2) is 5.93. The zero-order valence-corrected chi connectivity index (χ0v) is 13.7. The third kappa shape index (κ3) is 2.75. The van der Waals surface area contributed by atoms with Gasteiger partial charge >= 0.3 is 0 Å². The van der Waals surface area contributed by atoms with Crippen LogP contribution in [0, 0.1) is 32.1 Å². The summed E-state index contributed by atoms with van der Waals surface area (Å²) in [6, 6.07) is 2.23. The van der Waals surface area contributed by atoms with E-state index in [1.807, 2.05) is 20.9 Å². The topological polar surface area (TPSA) is 95.0 Å². The number of rotatable bonds is 2. The van der Waals surface area contributed by atoms with Crippen molar-refractivity contribution in [1.82, 2.24) is 25.2 Å². The second-order valence-electron chi connectivity index (χ2n) is 5.84. The third-order valence-corrected chi connectivity index (χ3v) is 4.32. The Hall–Kier alpha value is -2.53. The number of nitriles is 1. The average molecular weight is 313 g/mol. The van der Waals surface area contributed by atoms with Gasteiger partial charge in [0.15, 0.2) is 11.6 Å². The number of anilines is 1. The fraction of sp³-hybridized carbons (Fsp3) is 0.533. The summed E-state index contributed by atoms with van der Waals surface area (Å²) >= 11 is 0. The van der Waals surface area contributed by atoms with Crippen LogP contribution in [0.1, 0.15) is 34.6 Å². The molecule has 0 radical (unpaired) electrons. The number of piperazine rings is 1. The Morgan fingerprint density at radius 1 is 1.22 bits per heavy atom. The van der Waals surface area contributed by atoms with Gasteiger partial charge in [0.2, 0.25) is 5.89 Å². The molecular weight excluding hydrogens is 294 g/mol. The van der Waals surface area contributed by atoms with E-state index in [1.54, 1.807) is 6.92 Å². The quantitative estimate of drug-likeness (QED) is 0.815. The molecule has 23 heavy (non-hydrogen) atoms. The zero-order valence-electron chi connectivity index (χ0n) is 13.7. The minimum Gasteiger partial charge on any atom is -0.351 e. The highest BCUT2D eigenvalue weighted by Crippen LogP contribution is 2.28. The lowest BCUT2D eigenvalue weighted by Gasteiger charge is -2.38. The maximum atomic E-state index is 9.50. The van der Waals surface area contributed by atoms with Crippen molar-refractivity contribution in [2.24, 2.45) is 0 Å². The first-order chi connectivity index (χ1) is 11.0. The molecule has 0 N–H and O–H groups in total. The molecule has 2 aromatic rings. The van der Waals surface area contributed by atoms with Crippen molar-refractivity contribution in [3.8, 4) is 6.07 Å². The van der Waals surface area contributed by atoms with Gasteiger partial charge in [0.1, 0.15) is 17.7 Å². The number of hydrogen-bond donors (Lipinski definition) is 0. The molecule has 1 aliphatic rings. The molecule has 2 aromatic heterocycles. The van der Waals surface area contributed by atoms with Crippen LogP contribution in [0.25, 0.3) is 0 Å². The predicted octanol–water partition coefficient (Wildman–Crippen LogP) is 1.15. The van der Waals surface area contributed by atoms with Gasteiger partial charge in [-0.3, -0.25) is 4.90 Å². The lowest BCUT2D eigenvalue weighted by atomic mass is 10.1. The van der Waals surface area contributed by atoms with E-state index >= 15 is 0 Å². The van der Waals surface area contributed by atoms with E-state index in [0.29, 0.717) is 29.6 Å². The van der Waals surface area contributed by atoms with E-state index in [-0.39, 0.29) is 6.04 Å². The van der Waals surface area contributed by atoms with E-state index in [9.17, 15) is 5.26 Å². The molecule has 0 amide bonds. The van der Waals surface area contributed by atoms with Crippen LogP contribution >= 0.6 is 0 Å². The first-order valence-corrected chi connectivity index (χ1v) is 7.50. The number of likely N-dealkylation sites (N-methyl/N-ethyl adjacent to an activating group) is 1. The van der Waals surface area contributed by atoms with Crippen LogP contribution in [0.2, 0.25) is 0 Å². The summed E-state index contributed by atoms with van der Waals surface area (Å²) in [5.41, 5.74) is 2.24.